The highest BCUT2D eigenvalue weighted by molar-refractivity contribution is 5.76. The molecule has 2 amide bonds. The number of nitrogens with zero attached hydrogens (tertiary/aromatic N) is 2. The first-order chi connectivity index (χ1) is 7.27. The summed E-state index contributed by atoms with van der Waals surface area (Å²) in [6, 6.07) is 0.739. The van der Waals surface area contributed by atoms with Crippen LogP contribution in [0.2, 0.25) is 0 Å². The van der Waals surface area contributed by atoms with Gasteiger partial charge in [0.2, 0.25) is 0 Å². The fourth-order valence-electron chi connectivity index (χ4n) is 2.20. The van der Waals surface area contributed by atoms with Crippen LogP contribution >= 0.6 is 0 Å². The lowest BCUT2D eigenvalue weighted by molar-refractivity contribution is 0.197. The molecule has 1 atom stereocenters. The Kier molecular flexibility index (Phi) is 3.43. The van der Waals surface area contributed by atoms with Gasteiger partial charge in [-0.05, 0) is 20.0 Å². The minimum atomic E-state index is 0.0907. The molecule has 0 saturated carbocycles. The molecule has 2 aliphatic rings. The molecule has 5 nitrogen and oxygen atoms in total. The van der Waals surface area contributed by atoms with Crippen molar-refractivity contribution in [3.05, 3.63) is 0 Å². The van der Waals surface area contributed by atoms with E-state index in [1.807, 2.05) is 4.90 Å². The van der Waals surface area contributed by atoms with E-state index in [0.717, 1.165) is 39.3 Å². The van der Waals surface area contributed by atoms with Crippen molar-refractivity contribution in [3.63, 3.8) is 0 Å². The Morgan fingerprint density at radius 3 is 3.00 bits per heavy atom. The summed E-state index contributed by atoms with van der Waals surface area (Å²) in [6.45, 7) is 5.68. The van der Waals surface area contributed by atoms with E-state index < -0.39 is 0 Å². The Labute approximate surface area is 90.8 Å². The van der Waals surface area contributed by atoms with Gasteiger partial charge in [0.1, 0.15) is 0 Å². The smallest absolute Gasteiger partial charge is 0.317 e. The minimum absolute atomic E-state index is 0.0907. The van der Waals surface area contributed by atoms with Crippen LogP contribution < -0.4 is 10.6 Å². The summed E-state index contributed by atoms with van der Waals surface area (Å²) in [7, 11) is 2.14. The zero-order valence-corrected chi connectivity index (χ0v) is 9.33. The van der Waals surface area contributed by atoms with E-state index in [4.69, 9.17) is 0 Å². The second kappa shape index (κ2) is 4.81. The Bertz CT molecular complexity index is 227. The second-order valence-corrected chi connectivity index (χ2v) is 4.35. The van der Waals surface area contributed by atoms with Crippen LogP contribution in [-0.2, 0) is 0 Å². The van der Waals surface area contributed by atoms with Gasteiger partial charge in [-0.2, -0.15) is 0 Å². The summed E-state index contributed by atoms with van der Waals surface area (Å²) in [5, 5.41) is 6.17. The summed E-state index contributed by atoms with van der Waals surface area (Å²) < 4.78 is 0. The van der Waals surface area contributed by atoms with Gasteiger partial charge in [0.15, 0.2) is 0 Å². The molecule has 5 heteroatoms. The van der Waals surface area contributed by atoms with Gasteiger partial charge in [0.05, 0.1) is 0 Å². The molecule has 1 unspecified atom stereocenters. The monoisotopic (exact) mass is 212 g/mol. The second-order valence-electron chi connectivity index (χ2n) is 4.35. The van der Waals surface area contributed by atoms with E-state index in [0.29, 0.717) is 6.04 Å². The first-order valence-electron chi connectivity index (χ1n) is 5.71. The minimum Gasteiger partial charge on any atom is -0.336 e. The average molecular weight is 212 g/mol. The summed E-state index contributed by atoms with van der Waals surface area (Å²) in [6.07, 6.45) is 1.22. The molecule has 0 aromatic rings. The van der Waals surface area contributed by atoms with Crippen molar-refractivity contribution in [1.82, 2.24) is 20.4 Å². The normalized spacial score (nSPS) is 26.4. The summed E-state index contributed by atoms with van der Waals surface area (Å²) in [5.41, 5.74) is 0. The van der Waals surface area contributed by atoms with Crippen molar-refractivity contribution in [1.29, 1.82) is 0 Å². The third-order valence-electron chi connectivity index (χ3n) is 3.33. The van der Waals surface area contributed by atoms with Crippen LogP contribution in [0.4, 0.5) is 4.79 Å². The molecule has 0 aromatic heterocycles. The summed E-state index contributed by atoms with van der Waals surface area (Å²) in [5.74, 6) is 0. The average Bonchev–Trinajstić information content (AvgIpc) is 2.85. The van der Waals surface area contributed by atoms with Gasteiger partial charge in [0.25, 0.3) is 0 Å². The van der Waals surface area contributed by atoms with Crippen LogP contribution in [0.1, 0.15) is 6.42 Å². The zero-order chi connectivity index (χ0) is 10.7. The Morgan fingerprint density at radius 2 is 2.40 bits per heavy atom. The van der Waals surface area contributed by atoms with E-state index in [1.54, 1.807) is 0 Å². The van der Waals surface area contributed by atoms with Crippen molar-refractivity contribution >= 4 is 6.03 Å². The number of urea groups is 1. The highest BCUT2D eigenvalue weighted by Crippen LogP contribution is 2.06. The van der Waals surface area contributed by atoms with E-state index in [2.05, 4.69) is 22.6 Å². The number of likely N-dealkylation sites (N-methyl/N-ethyl adjacent to an activating group) is 1. The predicted octanol–water partition coefficient (Wildman–Crippen LogP) is -0.695. The van der Waals surface area contributed by atoms with Crippen molar-refractivity contribution in [3.8, 4) is 0 Å². The highest BCUT2D eigenvalue weighted by atomic mass is 16.2. The number of hydrogen-bond donors (Lipinski definition) is 2. The van der Waals surface area contributed by atoms with Crippen molar-refractivity contribution in [2.24, 2.45) is 0 Å². The largest absolute Gasteiger partial charge is 0.336 e. The molecule has 15 heavy (non-hydrogen) atoms. The highest BCUT2D eigenvalue weighted by Gasteiger charge is 2.22. The van der Waals surface area contributed by atoms with E-state index in [-0.39, 0.29) is 6.03 Å². The SMILES string of the molecule is CN(CCN1CCNC1=O)C1CCNC1. The molecule has 2 fully saturated rings. The van der Waals surface area contributed by atoms with Crippen LogP contribution in [-0.4, -0.2) is 68.2 Å². The maximum atomic E-state index is 11.3. The van der Waals surface area contributed by atoms with Gasteiger partial charge in [-0.3, -0.25) is 0 Å². The van der Waals surface area contributed by atoms with E-state index >= 15 is 0 Å². The first-order valence-corrected chi connectivity index (χ1v) is 5.71. The molecular formula is C10H20N4O. The Hall–Kier alpha value is -0.810. The van der Waals surface area contributed by atoms with Gasteiger partial charge >= 0.3 is 6.03 Å². The molecule has 0 aromatic carbocycles. The zero-order valence-electron chi connectivity index (χ0n) is 9.33. The molecular weight excluding hydrogens is 192 g/mol. The lowest BCUT2D eigenvalue weighted by atomic mass is 10.2. The van der Waals surface area contributed by atoms with Gasteiger partial charge in [0, 0.05) is 38.8 Å². The number of nitrogens with one attached hydrogen (secondary N) is 2. The van der Waals surface area contributed by atoms with Crippen LogP contribution in [0.5, 0.6) is 0 Å². The third-order valence-corrected chi connectivity index (χ3v) is 3.33. The fourth-order valence-corrected chi connectivity index (χ4v) is 2.20. The van der Waals surface area contributed by atoms with E-state index in [1.165, 1.54) is 6.42 Å². The molecule has 2 rings (SSSR count). The predicted molar refractivity (Wildman–Crippen MR) is 58.9 cm³/mol. The number of rotatable bonds is 4. The van der Waals surface area contributed by atoms with Crippen LogP contribution in [0.15, 0.2) is 0 Å². The summed E-state index contributed by atoms with van der Waals surface area (Å²) in [4.78, 5) is 15.5. The molecule has 86 valence electrons. The Balaban J connectivity index is 1.70. The molecule has 2 heterocycles. The first kappa shape index (κ1) is 10.7. The molecule has 0 spiro atoms. The molecule has 2 aliphatic heterocycles. The number of amides is 2. The summed E-state index contributed by atoms with van der Waals surface area (Å²) >= 11 is 0. The lowest BCUT2D eigenvalue weighted by Gasteiger charge is -2.25. The Morgan fingerprint density at radius 1 is 1.53 bits per heavy atom. The van der Waals surface area contributed by atoms with Crippen molar-refractivity contribution in [2.75, 3.05) is 46.3 Å². The molecule has 0 bridgehead atoms. The van der Waals surface area contributed by atoms with Crippen LogP contribution in [0.25, 0.3) is 0 Å². The van der Waals surface area contributed by atoms with Crippen LogP contribution in [0, 0.1) is 0 Å². The van der Waals surface area contributed by atoms with Crippen LogP contribution in [0.3, 0.4) is 0 Å². The third kappa shape index (κ3) is 2.60. The fraction of sp³-hybridized carbons (Fsp3) is 0.900. The maximum Gasteiger partial charge on any atom is 0.317 e. The lowest BCUT2D eigenvalue weighted by Crippen LogP contribution is -2.40. The van der Waals surface area contributed by atoms with Crippen molar-refractivity contribution < 1.29 is 4.79 Å². The molecule has 0 radical (unpaired) electrons. The van der Waals surface area contributed by atoms with E-state index in [9.17, 15) is 4.79 Å². The number of carbonyl (C=O) groups is 1. The maximum absolute atomic E-state index is 11.3. The number of hydrogen-bond acceptors (Lipinski definition) is 3. The standard InChI is InChI=1S/C10H20N4O/c1-13(9-2-3-11-8-9)6-7-14-5-4-12-10(14)15/h9,11H,2-8H2,1H3,(H,12,15). The van der Waals surface area contributed by atoms with Gasteiger partial charge < -0.3 is 20.4 Å². The van der Waals surface area contributed by atoms with Gasteiger partial charge in [-0.1, -0.05) is 0 Å². The van der Waals surface area contributed by atoms with Crippen molar-refractivity contribution in [2.45, 2.75) is 12.5 Å². The molecule has 2 N–H and O–H groups in total. The quantitative estimate of drug-likeness (QED) is 0.648. The molecule has 2 saturated heterocycles. The van der Waals surface area contributed by atoms with Gasteiger partial charge in [-0.25, -0.2) is 4.79 Å². The van der Waals surface area contributed by atoms with Gasteiger partial charge in [-0.15, -0.1) is 0 Å². The number of carbonyl (C=O) groups excluding carboxylic acids is 1. The molecule has 0 aliphatic carbocycles. The topological polar surface area (TPSA) is 47.6 Å².